The predicted molar refractivity (Wildman–Crippen MR) is 162 cm³/mol. The lowest BCUT2D eigenvalue weighted by molar-refractivity contribution is 1.28. The van der Waals surface area contributed by atoms with Gasteiger partial charge in [-0.1, -0.05) is 84.3 Å². The molecular weight excluding hydrogens is 467 g/mol. The maximum Gasteiger partial charge on any atom is 0.198 e. The molecule has 1 aliphatic rings. The van der Waals surface area contributed by atoms with Crippen molar-refractivity contribution in [2.75, 3.05) is 4.90 Å². The molecule has 0 fully saturated rings. The van der Waals surface area contributed by atoms with E-state index in [4.69, 9.17) is 0 Å². The molecule has 0 bridgehead atoms. The van der Waals surface area contributed by atoms with Crippen LogP contribution in [0.3, 0.4) is 0 Å². The summed E-state index contributed by atoms with van der Waals surface area (Å²) in [6, 6.07) is 39.8. The number of fused-ring (bicyclic) bond motifs is 7. The summed E-state index contributed by atoms with van der Waals surface area (Å²) in [6.45, 7) is 2.22. The van der Waals surface area contributed by atoms with Crippen molar-refractivity contribution < 1.29 is 0 Å². The van der Waals surface area contributed by atoms with Gasteiger partial charge in [-0.25, -0.2) is 0 Å². The van der Waals surface area contributed by atoms with Gasteiger partial charge in [0, 0.05) is 38.1 Å². The van der Waals surface area contributed by atoms with Crippen LogP contribution >= 0.6 is 11.3 Å². The Bertz CT molecular complexity index is 1980. The van der Waals surface area contributed by atoms with Gasteiger partial charge in [0.15, 0.2) is 7.28 Å². The van der Waals surface area contributed by atoms with Crippen LogP contribution in [0, 0.1) is 6.92 Å². The quantitative estimate of drug-likeness (QED) is 0.246. The Morgan fingerprint density at radius 2 is 1.46 bits per heavy atom. The molecule has 0 radical (unpaired) electrons. The van der Waals surface area contributed by atoms with E-state index in [-0.39, 0.29) is 0 Å². The first kappa shape index (κ1) is 20.9. The maximum absolute atomic E-state index is 3.85. The third kappa shape index (κ3) is 3.06. The van der Waals surface area contributed by atoms with Crippen molar-refractivity contribution in [3.8, 4) is 11.1 Å². The molecule has 37 heavy (non-hydrogen) atoms. The summed E-state index contributed by atoms with van der Waals surface area (Å²) in [5.41, 5.74) is 12.8. The molecule has 1 N–H and O–H groups in total. The normalized spacial score (nSPS) is 12.6. The molecule has 2 nitrogen and oxygen atoms in total. The summed E-state index contributed by atoms with van der Waals surface area (Å²) in [7, 11) is 0.916. The Balaban J connectivity index is 1.42. The molecule has 0 saturated carbocycles. The van der Waals surface area contributed by atoms with Crippen LogP contribution in [0.5, 0.6) is 0 Å². The summed E-state index contributed by atoms with van der Waals surface area (Å²) in [6.07, 6.45) is 0. The minimum atomic E-state index is 0.916. The predicted octanol–water partition coefficient (Wildman–Crippen LogP) is 7.68. The van der Waals surface area contributed by atoms with Crippen LogP contribution < -0.4 is 15.8 Å². The molecule has 0 atom stereocenters. The van der Waals surface area contributed by atoms with E-state index in [1.54, 1.807) is 0 Å². The fourth-order valence-electron chi connectivity index (χ4n) is 6.06. The average molecular weight is 490 g/mol. The summed E-state index contributed by atoms with van der Waals surface area (Å²) < 4.78 is 2.68. The van der Waals surface area contributed by atoms with Crippen LogP contribution in [0.2, 0.25) is 0 Å². The molecule has 2 aromatic heterocycles. The number of anilines is 3. The zero-order valence-corrected chi connectivity index (χ0v) is 21.3. The molecule has 0 aliphatic carbocycles. The monoisotopic (exact) mass is 490 g/mol. The Hall–Kier alpha value is -4.28. The molecule has 7 aromatic rings. The molecule has 3 heterocycles. The van der Waals surface area contributed by atoms with Crippen molar-refractivity contribution in [3.63, 3.8) is 0 Å². The van der Waals surface area contributed by atoms with Gasteiger partial charge in [-0.2, -0.15) is 0 Å². The largest absolute Gasteiger partial charge is 0.353 e. The van der Waals surface area contributed by atoms with Crippen LogP contribution in [0.25, 0.3) is 42.3 Å². The van der Waals surface area contributed by atoms with E-state index < -0.39 is 0 Å². The van der Waals surface area contributed by atoms with Gasteiger partial charge in [0.05, 0.1) is 15.7 Å². The second-order valence-corrected chi connectivity index (χ2v) is 11.0. The number of hydrogen-bond acceptors (Lipinski definition) is 2. The Kier molecular flexibility index (Phi) is 4.43. The van der Waals surface area contributed by atoms with E-state index in [9.17, 15) is 0 Å². The van der Waals surface area contributed by atoms with Gasteiger partial charge in [-0.15, -0.1) is 11.3 Å². The second kappa shape index (κ2) is 7.86. The number of benzene rings is 5. The van der Waals surface area contributed by atoms with Crippen LogP contribution in [0.1, 0.15) is 5.56 Å². The second-order valence-electron chi connectivity index (χ2n) is 9.94. The van der Waals surface area contributed by atoms with Crippen molar-refractivity contribution >= 4 is 77.8 Å². The number of H-pyrrole nitrogens is 1. The van der Waals surface area contributed by atoms with Crippen molar-refractivity contribution in [1.82, 2.24) is 4.98 Å². The smallest absolute Gasteiger partial charge is 0.198 e. The van der Waals surface area contributed by atoms with Crippen molar-refractivity contribution in [2.24, 2.45) is 0 Å². The highest BCUT2D eigenvalue weighted by atomic mass is 32.1. The first-order valence-electron chi connectivity index (χ1n) is 12.8. The highest BCUT2D eigenvalue weighted by Gasteiger charge is 2.28. The van der Waals surface area contributed by atoms with E-state index in [1.165, 1.54) is 75.9 Å². The van der Waals surface area contributed by atoms with Crippen LogP contribution in [0.15, 0.2) is 109 Å². The van der Waals surface area contributed by atoms with Gasteiger partial charge in [-0.3, -0.25) is 0 Å². The van der Waals surface area contributed by atoms with Gasteiger partial charge in [0.25, 0.3) is 0 Å². The first-order valence-corrected chi connectivity index (χ1v) is 13.6. The van der Waals surface area contributed by atoms with Gasteiger partial charge in [-0.05, 0) is 53.8 Å². The molecular formula is C33H23BN2S. The maximum atomic E-state index is 3.85. The van der Waals surface area contributed by atoms with Crippen LogP contribution in [-0.4, -0.2) is 12.3 Å². The molecule has 174 valence electrons. The number of para-hydroxylation sites is 3. The minimum absolute atomic E-state index is 0.916. The van der Waals surface area contributed by atoms with Crippen LogP contribution in [-0.2, 0) is 0 Å². The number of rotatable bonds is 2. The number of thiophene rings is 1. The zero-order valence-electron chi connectivity index (χ0n) is 20.5. The zero-order chi connectivity index (χ0) is 24.5. The van der Waals surface area contributed by atoms with Gasteiger partial charge < -0.3 is 9.88 Å². The number of aryl methyl sites for hydroxylation is 1. The summed E-state index contributed by atoms with van der Waals surface area (Å²) in [5, 5.41) is 2.61. The number of hydrogen-bond donors (Lipinski definition) is 1. The molecule has 4 heteroatoms. The third-order valence-corrected chi connectivity index (χ3v) is 8.87. The molecule has 1 aliphatic heterocycles. The molecule has 0 saturated heterocycles. The van der Waals surface area contributed by atoms with Gasteiger partial charge in [0.2, 0.25) is 0 Å². The van der Waals surface area contributed by atoms with E-state index in [0.717, 1.165) is 7.28 Å². The van der Waals surface area contributed by atoms with E-state index in [2.05, 4.69) is 126 Å². The average Bonchev–Trinajstić information content (AvgIpc) is 3.48. The molecule has 0 amide bonds. The lowest BCUT2D eigenvalue weighted by Crippen LogP contribution is -2.41. The Morgan fingerprint density at radius 3 is 2.38 bits per heavy atom. The summed E-state index contributed by atoms with van der Waals surface area (Å²) in [5.74, 6) is 0. The van der Waals surface area contributed by atoms with Crippen molar-refractivity contribution in [2.45, 2.75) is 6.92 Å². The Labute approximate surface area is 220 Å². The molecule has 5 aromatic carbocycles. The van der Waals surface area contributed by atoms with E-state index >= 15 is 0 Å². The molecule has 8 rings (SSSR count). The molecule has 0 unspecified atom stereocenters. The number of nitrogens with zero attached hydrogens (tertiary/aromatic N) is 1. The minimum Gasteiger partial charge on any atom is -0.353 e. The summed E-state index contributed by atoms with van der Waals surface area (Å²) >= 11 is 1.88. The third-order valence-electron chi connectivity index (χ3n) is 7.67. The first-order chi connectivity index (χ1) is 18.3. The number of nitrogens with one attached hydrogen (secondary N) is 1. The van der Waals surface area contributed by atoms with Crippen molar-refractivity contribution in [1.29, 1.82) is 0 Å². The highest BCUT2D eigenvalue weighted by Crippen LogP contribution is 2.42. The topological polar surface area (TPSA) is 19.0 Å². The number of aromatic amines is 1. The number of aromatic nitrogens is 1. The lowest BCUT2D eigenvalue weighted by atomic mass is 9.58. The van der Waals surface area contributed by atoms with E-state index in [1.807, 2.05) is 11.3 Å². The van der Waals surface area contributed by atoms with Gasteiger partial charge in [0.1, 0.15) is 0 Å². The fourth-order valence-corrected chi connectivity index (χ4v) is 7.25. The lowest BCUT2D eigenvalue weighted by Gasteiger charge is -2.35. The van der Waals surface area contributed by atoms with Crippen LogP contribution in [0.4, 0.5) is 17.1 Å². The van der Waals surface area contributed by atoms with Gasteiger partial charge >= 0.3 is 0 Å². The standard InChI is InChI=1S/C33H23BN2S/c1-20-18-25(22-13-9-14-24-31(22)35-32-23-12-5-8-17-29(23)37-33(24)32)30-28(19-20)36(21-10-3-2-4-11-21)27-16-7-6-15-26(27)34-30/h2-19,34-35H,1H3. The summed E-state index contributed by atoms with van der Waals surface area (Å²) in [4.78, 5) is 6.29. The Morgan fingerprint density at radius 1 is 0.676 bits per heavy atom. The fraction of sp³-hybridized carbons (Fsp3) is 0.0303. The molecule has 0 spiro atoms. The van der Waals surface area contributed by atoms with Crippen molar-refractivity contribution in [3.05, 3.63) is 115 Å². The van der Waals surface area contributed by atoms with E-state index in [0.29, 0.717) is 0 Å². The highest BCUT2D eigenvalue weighted by molar-refractivity contribution is 7.26. The SMILES string of the molecule is Cc1cc(-c2cccc3c2[nH]c2c4ccccc4sc32)c2c(c1)N(c1ccccc1)c1ccccc1B2.